The van der Waals surface area contributed by atoms with Gasteiger partial charge in [0.25, 0.3) is 0 Å². The van der Waals surface area contributed by atoms with Crippen LogP contribution in [0.1, 0.15) is 17.5 Å². The quantitative estimate of drug-likeness (QED) is 0.758. The average molecular weight is 324 g/mol. The fourth-order valence-corrected chi connectivity index (χ4v) is 2.14. The second kappa shape index (κ2) is 9.21. The summed E-state index contributed by atoms with van der Waals surface area (Å²) in [4.78, 5) is 11.8. The lowest BCUT2D eigenvalue weighted by atomic mass is 10.1. The molecule has 0 aromatic heterocycles. The van der Waals surface area contributed by atoms with E-state index in [0.29, 0.717) is 37.3 Å². The van der Waals surface area contributed by atoms with E-state index in [1.54, 1.807) is 25.3 Å². The molecule has 0 fully saturated rings. The molecular weight excluding hydrogens is 304 g/mol. The van der Waals surface area contributed by atoms with Crippen molar-refractivity contribution >= 4 is 5.91 Å². The Labute approximate surface area is 141 Å². The first-order chi connectivity index (χ1) is 11.7. The molecule has 1 amide bonds. The monoisotopic (exact) mass is 324 g/mol. The van der Waals surface area contributed by atoms with Gasteiger partial charge in [-0.25, -0.2) is 0 Å². The number of rotatable bonds is 8. The standard InChI is InChI=1S/C19H20N2O3/c1-23-17-3-2-4-18(13-17)24-12-11-21-19(22)10-9-15-5-7-16(14-20)8-6-15/h2-8,13H,9-12H2,1H3,(H,21,22). The molecule has 0 heterocycles. The van der Waals surface area contributed by atoms with Crippen molar-refractivity contribution in [3.8, 4) is 17.6 Å². The van der Waals surface area contributed by atoms with Crippen LogP contribution in [0.3, 0.4) is 0 Å². The topological polar surface area (TPSA) is 71.3 Å². The molecule has 124 valence electrons. The number of nitrogens with zero attached hydrogens (tertiary/aromatic N) is 1. The minimum absolute atomic E-state index is 0.0198. The Morgan fingerprint density at radius 3 is 2.62 bits per heavy atom. The molecule has 0 saturated heterocycles. The highest BCUT2D eigenvalue weighted by Gasteiger charge is 2.03. The number of nitrogens with one attached hydrogen (secondary N) is 1. The number of aryl methyl sites for hydroxylation is 1. The van der Waals surface area contributed by atoms with Gasteiger partial charge < -0.3 is 14.8 Å². The highest BCUT2D eigenvalue weighted by molar-refractivity contribution is 5.76. The van der Waals surface area contributed by atoms with E-state index in [1.165, 1.54) is 0 Å². The van der Waals surface area contributed by atoms with Gasteiger partial charge in [0.2, 0.25) is 5.91 Å². The van der Waals surface area contributed by atoms with Gasteiger partial charge in [0.05, 0.1) is 25.3 Å². The van der Waals surface area contributed by atoms with Crippen molar-refractivity contribution in [2.45, 2.75) is 12.8 Å². The third-order valence-electron chi connectivity index (χ3n) is 3.46. The lowest BCUT2D eigenvalue weighted by Gasteiger charge is -2.09. The summed E-state index contributed by atoms with van der Waals surface area (Å²) in [6, 6.07) is 16.7. The molecule has 0 bridgehead atoms. The maximum atomic E-state index is 11.8. The molecular formula is C19H20N2O3. The van der Waals surface area contributed by atoms with E-state index < -0.39 is 0 Å². The van der Waals surface area contributed by atoms with Crippen LogP contribution in [0.4, 0.5) is 0 Å². The summed E-state index contributed by atoms with van der Waals surface area (Å²) in [5.41, 5.74) is 1.66. The molecule has 2 rings (SSSR count). The first kappa shape index (κ1) is 17.4. The lowest BCUT2D eigenvalue weighted by Crippen LogP contribution is -2.28. The summed E-state index contributed by atoms with van der Waals surface area (Å²) < 4.78 is 10.7. The maximum absolute atomic E-state index is 11.8. The summed E-state index contributed by atoms with van der Waals surface area (Å²) in [6.45, 7) is 0.846. The lowest BCUT2D eigenvalue weighted by molar-refractivity contribution is -0.121. The molecule has 0 aliphatic carbocycles. The largest absolute Gasteiger partial charge is 0.497 e. The number of nitriles is 1. The van der Waals surface area contributed by atoms with E-state index in [9.17, 15) is 4.79 Å². The van der Waals surface area contributed by atoms with Gasteiger partial charge in [-0.3, -0.25) is 4.79 Å². The van der Waals surface area contributed by atoms with Crippen LogP contribution in [0.25, 0.3) is 0 Å². The summed E-state index contributed by atoms with van der Waals surface area (Å²) in [5, 5.41) is 11.6. The number of hydrogen-bond donors (Lipinski definition) is 1. The maximum Gasteiger partial charge on any atom is 0.220 e. The molecule has 5 heteroatoms. The molecule has 0 aliphatic rings. The number of amides is 1. The van der Waals surface area contributed by atoms with Crippen LogP contribution in [0.2, 0.25) is 0 Å². The van der Waals surface area contributed by atoms with E-state index in [4.69, 9.17) is 14.7 Å². The van der Waals surface area contributed by atoms with Crippen molar-refractivity contribution in [1.82, 2.24) is 5.32 Å². The molecule has 24 heavy (non-hydrogen) atoms. The first-order valence-electron chi connectivity index (χ1n) is 7.74. The Morgan fingerprint density at radius 2 is 1.92 bits per heavy atom. The normalized spacial score (nSPS) is 9.83. The number of carbonyl (C=O) groups is 1. The highest BCUT2D eigenvalue weighted by atomic mass is 16.5. The summed E-state index contributed by atoms with van der Waals surface area (Å²) in [5.74, 6) is 1.42. The summed E-state index contributed by atoms with van der Waals surface area (Å²) in [7, 11) is 1.60. The van der Waals surface area contributed by atoms with Crippen LogP contribution in [0.5, 0.6) is 11.5 Å². The molecule has 0 radical (unpaired) electrons. The van der Waals surface area contributed by atoms with Crippen LogP contribution in [-0.4, -0.2) is 26.2 Å². The molecule has 0 unspecified atom stereocenters. The van der Waals surface area contributed by atoms with Gasteiger partial charge in [-0.05, 0) is 36.2 Å². The van der Waals surface area contributed by atoms with Crippen LogP contribution < -0.4 is 14.8 Å². The minimum Gasteiger partial charge on any atom is -0.497 e. The average Bonchev–Trinajstić information content (AvgIpc) is 2.64. The van der Waals surface area contributed by atoms with Crippen LogP contribution >= 0.6 is 0 Å². The fraction of sp³-hybridized carbons (Fsp3) is 0.263. The zero-order valence-electron chi connectivity index (χ0n) is 13.6. The highest BCUT2D eigenvalue weighted by Crippen LogP contribution is 2.18. The van der Waals surface area contributed by atoms with Crippen molar-refractivity contribution in [2.75, 3.05) is 20.3 Å². The number of benzene rings is 2. The second-order valence-electron chi connectivity index (χ2n) is 5.19. The number of ether oxygens (including phenoxy) is 2. The SMILES string of the molecule is COc1cccc(OCCNC(=O)CCc2ccc(C#N)cc2)c1. The van der Waals surface area contributed by atoms with E-state index in [1.807, 2.05) is 30.3 Å². The third kappa shape index (κ3) is 5.65. The summed E-state index contributed by atoms with van der Waals surface area (Å²) >= 11 is 0. The van der Waals surface area contributed by atoms with Crippen molar-refractivity contribution < 1.29 is 14.3 Å². The predicted molar refractivity (Wildman–Crippen MR) is 91.0 cm³/mol. The summed E-state index contributed by atoms with van der Waals surface area (Å²) in [6.07, 6.45) is 1.05. The Kier molecular flexibility index (Phi) is 6.66. The van der Waals surface area contributed by atoms with Gasteiger partial charge >= 0.3 is 0 Å². The number of hydrogen-bond acceptors (Lipinski definition) is 4. The molecule has 0 aliphatic heterocycles. The van der Waals surface area contributed by atoms with Crippen LogP contribution in [0, 0.1) is 11.3 Å². The van der Waals surface area contributed by atoms with Crippen molar-refractivity contribution in [3.05, 3.63) is 59.7 Å². The second-order valence-corrected chi connectivity index (χ2v) is 5.19. The fourth-order valence-electron chi connectivity index (χ4n) is 2.14. The first-order valence-corrected chi connectivity index (χ1v) is 7.74. The Morgan fingerprint density at radius 1 is 1.17 bits per heavy atom. The zero-order valence-corrected chi connectivity index (χ0v) is 13.6. The molecule has 0 atom stereocenters. The van der Waals surface area contributed by atoms with E-state index in [0.717, 1.165) is 11.3 Å². The van der Waals surface area contributed by atoms with Crippen LogP contribution in [-0.2, 0) is 11.2 Å². The Bertz CT molecular complexity index is 705. The molecule has 1 N–H and O–H groups in total. The predicted octanol–water partition coefficient (Wildman–Crippen LogP) is 2.69. The Hall–Kier alpha value is -3.00. The van der Waals surface area contributed by atoms with E-state index in [2.05, 4.69) is 11.4 Å². The van der Waals surface area contributed by atoms with Gasteiger partial charge in [0.1, 0.15) is 18.1 Å². The van der Waals surface area contributed by atoms with Crippen LogP contribution in [0.15, 0.2) is 48.5 Å². The van der Waals surface area contributed by atoms with Crippen molar-refractivity contribution in [1.29, 1.82) is 5.26 Å². The number of methoxy groups -OCH3 is 1. The smallest absolute Gasteiger partial charge is 0.220 e. The van der Waals surface area contributed by atoms with E-state index >= 15 is 0 Å². The molecule has 0 spiro atoms. The van der Waals surface area contributed by atoms with Gasteiger partial charge in [-0.1, -0.05) is 18.2 Å². The Balaban J connectivity index is 1.65. The molecule has 2 aromatic rings. The number of carbonyl (C=O) groups excluding carboxylic acids is 1. The van der Waals surface area contributed by atoms with Gasteiger partial charge in [-0.2, -0.15) is 5.26 Å². The van der Waals surface area contributed by atoms with Gasteiger partial charge in [0.15, 0.2) is 0 Å². The zero-order chi connectivity index (χ0) is 17.2. The van der Waals surface area contributed by atoms with Gasteiger partial charge in [-0.15, -0.1) is 0 Å². The van der Waals surface area contributed by atoms with E-state index in [-0.39, 0.29) is 5.91 Å². The van der Waals surface area contributed by atoms with Gasteiger partial charge in [0, 0.05) is 12.5 Å². The molecule has 5 nitrogen and oxygen atoms in total. The third-order valence-corrected chi connectivity index (χ3v) is 3.46. The minimum atomic E-state index is -0.0198. The van der Waals surface area contributed by atoms with Crippen molar-refractivity contribution in [2.24, 2.45) is 0 Å². The van der Waals surface area contributed by atoms with Crippen molar-refractivity contribution in [3.63, 3.8) is 0 Å². The molecule has 2 aromatic carbocycles. The molecule has 0 saturated carbocycles.